The van der Waals surface area contributed by atoms with Gasteiger partial charge in [0.25, 0.3) is 5.91 Å². The molecule has 1 heterocycles. The number of amides is 1. The van der Waals surface area contributed by atoms with Gasteiger partial charge in [-0.2, -0.15) is 5.10 Å². The fraction of sp³-hybridized carbons (Fsp3) is 0.438. The van der Waals surface area contributed by atoms with Gasteiger partial charge in [0, 0.05) is 11.1 Å². The van der Waals surface area contributed by atoms with Crippen LogP contribution in [-0.2, 0) is 4.79 Å². The SMILES string of the molecule is O=C(NC1CCC(n2cncn2)CC1)C(O)c1cccc(Cl)c1. The van der Waals surface area contributed by atoms with Crippen molar-refractivity contribution in [3.05, 3.63) is 47.5 Å². The highest BCUT2D eigenvalue weighted by molar-refractivity contribution is 6.30. The molecule has 2 N–H and O–H groups in total. The number of aliphatic hydroxyl groups is 1. The number of nitrogens with one attached hydrogen (secondary N) is 1. The quantitative estimate of drug-likeness (QED) is 0.898. The van der Waals surface area contributed by atoms with Crippen molar-refractivity contribution in [3.8, 4) is 0 Å². The summed E-state index contributed by atoms with van der Waals surface area (Å²) < 4.78 is 1.87. The Kier molecular flexibility index (Phi) is 4.93. The molecule has 6 nitrogen and oxygen atoms in total. The van der Waals surface area contributed by atoms with Crippen LogP contribution in [0.1, 0.15) is 43.4 Å². The van der Waals surface area contributed by atoms with E-state index in [1.165, 1.54) is 6.33 Å². The molecule has 7 heteroatoms. The van der Waals surface area contributed by atoms with Crippen LogP contribution in [0.2, 0.25) is 5.02 Å². The highest BCUT2D eigenvalue weighted by atomic mass is 35.5. The molecule has 1 aliphatic rings. The van der Waals surface area contributed by atoms with Gasteiger partial charge < -0.3 is 10.4 Å². The number of benzene rings is 1. The molecule has 1 atom stereocenters. The van der Waals surface area contributed by atoms with Crippen LogP contribution in [0.5, 0.6) is 0 Å². The Balaban J connectivity index is 1.53. The third kappa shape index (κ3) is 3.89. The van der Waals surface area contributed by atoms with E-state index in [0.717, 1.165) is 25.7 Å². The number of carbonyl (C=O) groups is 1. The zero-order chi connectivity index (χ0) is 16.2. The zero-order valence-corrected chi connectivity index (χ0v) is 13.4. The van der Waals surface area contributed by atoms with E-state index in [9.17, 15) is 9.90 Å². The monoisotopic (exact) mass is 334 g/mol. The molecule has 0 spiro atoms. The summed E-state index contributed by atoms with van der Waals surface area (Å²) in [7, 11) is 0. The maximum Gasteiger partial charge on any atom is 0.253 e. The molecule has 1 fully saturated rings. The second-order valence-corrected chi connectivity index (χ2v) is 6.28. The van der Waals surface area contributed by atoms with Crippen LogP contribution in [0.25, 0.3) is 0 Å². The van der Waals surface area contributed by atoms with E-state index >= 15 is 0 Å². The Morgan fingerprint density at radius 1 is 1.35 bits per heavy atom. The zero-order valence-electron chi connectivity index (χ0n) is 12.6. The Labute approximate surface area is 139 Å². The summed E-state index contributed by atoms with van der Waals surface area (Å²) in [4.78, 5) is 16.2. The number of hydrogen-bond donors (Lipinski definition) is 2. The lowest BCUT2D eigenvalue weighted by Crippen LogP contribution is -2.40. The predicted octanol–water partition coefficient (Wildman–Crippen LogP) is 2.26. The molecule has 1 aromatic heterocycles. The molecule has 0 radical (unpaired) electrons. The van der Waals surface area contributed by atoms with E-state index in [2.05, 4.69) is 15.4 Å². The molecule has 2 aromatic rings. The molecular formula is C16H19ClN4O2. The largest absolute Gasteiger partial charge is 0.378 e. The fourth-order valence-corrected chi connectivity index (χ4v) is 3.20. The van der Waals surface area contributed by atoms with E-state index < -0.39 is 6.10 Å². The van der Waals surface area contributed by atoms with Gasteiger partial charge in [-0.25, -0.2) is 9.67 Å². The van der Waals surface area contributed by atoms with Gasteiger partial charge in [-0.3, -0.25) is 4.79 Å². The summed E-state index contributed by atoms with van der Waals surface area (Å²) in [5.74, 6) is -0.378. The van der Waals surface area contributed by atoms with Crippen LogP contribution in [0.4, 0.5) is 0 Å². The van der Waals surface area contributed by atoms with Gasteiger partial charge in [-0.15, -0.1) is 0 Å². The van der Waals surface area contributed by atoms with Gasteiger partial charge in [-0.05, 0) is 43.4 Å². The smallest absolute Gasteiger partial charge is 0.253 e. The first kappa shape index (κ1) is 16.0. The fourth-order valence-electron chi connectivity index (χ4n) is 3.00. The number of nitrogens with zero attached hydrogens (tertiary/aromatic N) is 3. The molecule has 0 aliphatic heterocycles. The third-order valence-corrected chi connectivity index (χ3v) is 4.50. The standard InChI is InChI=1S/C16H19ClN4O2/c17-12-3-1-2-11(8-12)15(22)16(23)20-13-4-6-14(7-5-13)21-10-18-9-19-21/h1-3,8-10,13-15,22H,4-7H2,(H,20,23). The molecule has 122 valence electrons. The summed E-state index contributed by atoms with van der Waals surface area (Å²) in [5, 5.41) is 17.7. The Bertz CT molecular complexity index is 654. The van der Waals surface area contributed by atoms with Crippen molar-refractivity contribution >= 4 is 17.5 Å². The first-order valence-electron chi connectivity index (χ1n) is 7.71. The van der Waals surface area contributed by atoms with E-state index in [4.69, 9.17) is 11.6 Å². The molecule has 23 heavy (non-hydrogen) atoms. The van der Waals surface area contributed by atoms with E-state index in [0.29, 0.717) is 16.6 Å². The molecule has 1 aromatic carbocycles. The van der Waals surface area contributed by atoms with Crippen molar-refractivity contribution in [2.24, 2.45) is 0 Å². The van der Waals surface area contributed by atoms with Gasteiger partial charge in [0.05, 0.1) is 6.04 Å². The Hall–Kier alpha value is -1.92. The van der Waals surface area contributed by atoms with Crippen LogP contribution in [0.3, 0.4) is 0 Å². The third-order valence-electron chi connectivity index (χ3n) is 4.27. The average Bonchev–Trinajstić information content (AvgIpc) is 3.09. The van der Waals surface area contributed by atoms with Gasteiger partial charge in [-0.1, -0.05) is 23.7 Å². The van der Waals surface area contributed by atoms with Crippen LogP contribution >= 0.6 is 11.6 Å². The normalized spacial score (nSPS) is 22.5. The number of aliphatic hydroxyl groups excluding tert-OH is 1. The Morgan fingerprint density at radius 2 is 2.13 bits per heavy atom. The van der Waals surface area contributed by atoms with Gasteiger partial charge in [0.2, 0.25) is 0 Å². The molecule has 1 saturated carbocycles. The summed E-state index contributed by atoms with van der Waals surface area (Å²) in [5.41, 5.74) is 0.506. The van der Waals surface area contributed by atoms with Gasteiger partial charge in [0.1, 0.15) is 12.7 Å². The average molecular weight is 335 g/mol. The summed E-state index contributed by atoms with van der Waals surface area (Å²) in [6.45, 7) is 0. The minimum Gasteiger partial charge on any atom is -0.378 e. The predicted molar refractivity (Wildman–Crippen MR) is 85.9 cm³/mol. The van der Waals surface area contributed by atoms with Crippen molar-refractivity contribution in [2.45, 2.75) is 43.9 Å². The molecule has 3 rings (SSSR count). The van der Waals surface area contributed by atoms with Crippen molar-refractivity contribution in [3.63, 3.8) is 0 Å². The van der Waals surface area contributed by atoms with Gasteiger partial charge in [0.15, 0.2) is 6.10 Å². The van der Waals surface area contributed by atoms with Crippen LogP contribution < -0.4 is 5.32 Å². The minimum atomic E-state index is -1.19. The first-order valence-corrected chi connectivity index (χ1v) is 8.09. The topological polar surface area (TPSA) is 80.0 Å². The maximum absolute atomic E-state index is 12.2. The molecule has 1 unspecified atom stereocenters. The van der Waals surface area contributed by atoms with Crippen LogP contribution in [-0.4, -0.2) is 31.8 Å². The van der Waals surface area contributed by atoms with Crippen molar-refractivity contribution in [1.82, 2.24) is 20.1 Å². The van der Waals surface area contributed by atoms with Gasteiger partial charge >= 0.3 is 0 Å². The summed E-state index contributed by atoms with van der Waals surface area (Å²) in [6, 6.07) is 7.14. The summed E-state index contributed by atoms with van der Waals surface area (Å²) in [6.07, 6.45) is 5.66. The molecule has 1 aliphatic carbocycles. The molecule has 0 bridgehead atoms. The number of halogens is 1. The van der Waals surface area contributed by atoms with E-state index in [1.54, 1.807) is 30.6 Å². The number of hydrogen-bond acceptors (Lipinski definition) is 4. The maximum atomic E-state index is 12.2. The highest BCUT2D eigenvalue weighted by Crippen LogP contribution is 2.28. The number of rotatable bonds is 4. The van der Waals surface area contributed by atoms with Crippen molar-refractivity contribution < 1.29 is 9.90 Å². The molecular weight excluding hydrogens is 316 g/mol. The van der Waals surface area contributed by atoms with Crippen molar-refractivity contribution in [1.29, 1.82) is 0 Å². The lowest BCUT2D eigenvalue weighted by Gasteiger charge is -2.29. The second kappa shape index (κ2) is 7.10. The molecule has 0 saturated heterocycles. The highest BCUT2D eigenvalue weighted by Gasteiger charge is 2.26. The number of carbonyl (C=O) groups excluding carboxylic acids is 1. The second-order valence-electron chi connectivity index (χ2n) is 5.85. The van der Waals surface area contributed by atoms with Crippen molar-refractivity contribution in [2.75, 3.05) is 0 Å². The van der Waals surface area contributed by atoms with E-state index in [1.807, 2.05) is 4.68 Å². The summed E-state index contributed by atoms with van der Waals surface area (Å²) >= 11 is 5.89. The lowest BCUT2D eigenvalue weighted by molar-refractivity contribution is -0.130. The lowest BCUT2D eigenvalue weighted by atomic mass is 9.91. The minimum absolute atomic E-state index is 0.0797. The van der Waals surface area contributed by atoms with Crippen LogP contribution in [0.15, 0.2) is 36.9 Å². The Morgan fingerprint density at radius 3 is 2.78 bits per heavy atom. The first-order chi connectivity index (χ1) is 11.1. The molecule has 1 amide bonds. The van der Waals surface area contributed by atoms with E-state index in [-0.39, 0.29) is 11.9 Å². The number of aromatic nitrogens is 3. The van der Waals surface area contributed by atoms with Crippen LogP contribution in [0, 0.1) is 0 Å².